The van der Waals surface area contributed by atoms with Crippen LogP contribution in [0.4, 0.5) is 0 Å². The average Bonchev–Trinajstić information content (AvgIpc) is 2.24. The minimum atomic E-state index is 0.228. The van der Waals surface area contributed by atoms with Crippen LogP contribution in [0, 0.1) is 0 Å². The van der Waals surface area contributed by atoms with Gasteiger partial charge in [-0.3, -0.25) is 0 Å². The Bertz CT molecular complexity index is 361. The Labute approximate surface area is 105 Å². The standard InChI is InChI=1S/C13H17BrO2/c1-10(2)9-16-13-6-5-11(4-3-7-15)8-12(13)14/h5-6,8,15H,1,3-4,7,9H2,2H3. The lowest BCUT2D eigenvalue weighted by atomic mass is 10.1. The SMILES string of the molecule is C=C(C)COc1ccc(CCCO)cc1Br. The molecule has 0 aliphatic heterocycles. The van der Waals surface area contributed by atoms with E-state index in [1.54, 1.807) is 0 Å². The van der Waals surface area contributed by atoms with Gasteiger partial charge in [0.15, 0.2) is 0 Å². The molecule has 0 aromatic heterocycles. The molecule has 0 fully saturated rings. The van der Waals surface area contributed by atoms with Crippen LogP contribution in [0.2, 0.25) is 0 Å². The van der Waals surface area contributed by atoms with Gasteiger partial charge in [-0.25, -0.2) is 0 Å². The molecule has 0 spiro atoms. The Kier molecular flexibility index (Phi) is 5.56. The topological polar surface area (TPSA) is 29.5 Å². The van der Waals surface area contributed by atoms with E-state index in [9.17, 15) is 0 Å². The number of aryl methyl sites for hydroxylation is 1. The van der Waals surface area contributed by atoms with Crippen molar-refractivity contribution in [2.75, 3.05) is 13.2 Å². The minimum Gasteiger partial charge on any atom is -0.488 e. The van der Waals surface area contributed by atoms with Crippen molar-refractivity contribution in [3.63, 3.8) is 0 Å². The third-order valence-corrected chi connectivity index (χ3v) is 2.71. The molecule has 3 heteroatoms. The lowest BCUT2D eigenvalue weighted by molar-refractivity contribution is 0.288. The van der Waals surface area contributed by atoms with E-state index in [-0.39, 0.29) is 6.61 Å². The summed E-state index contributed by atoms with van der Waals surface area (Å²) in [4.78, 5) is 0. The number of aliphatic hydroxyl groups is 1. The number of hydrogen-bond donors (Lipinski definition) is 1. The first-order chi connectivity index (χ1) is 7.63. The van der Waals surface area contributed by atoms with E-state index in [2.05, 4.69) is 22.5 Å². The smallest absolute Gasteiger partial charge is 0.133 e. The van der Waals surface area contributed by atoms with E-state index in [4.69, 9.17) is 9.84 Å². The van der Waals surface area contributed by atoms with Crippen LogP contribution < -0.4 is 4.74 Å². The molecule has 0 saturated carbocycles. The van der Waals surface area contributed by atoms with E-state index in [0.29, 0.717) is 6.61 Å². The Morgan fingerprint density at radius 3 is 2.81 bits per heavy atom. The minimum absolute atomic E-state index is 0.228. The van der Waals surface area contributed by atoms with Crippen LogP contribution in [0.15, 0.2) is 34.8 Å². The number of halogens is 1. The highest BCUT2D eigenvalue weighted by molar-refractivity contribution is 9.10. The van der Waals surface area contributed by atoms with Gasteiger partial charge >= 0.3 is 0 Å². The van der Waals surface area contributed by atoms with Crippen molar-refractivity contribution in [3.05, 3.63) is 40.4 Å². The Hall–Kier alpha value is -0.800. The molecular formula is C13H17BrO2. The first-order valence-electron chi connectivity index (χ1n) is 5.30. The summed E-state index contributed by atoms with van der Waals surface area (Å²) in [6, 6.07) is 6.00. The average molecular weight is 285 g/mol. The van der Waals surface area contributed by atoms with Crippen molar-refractivity contribution in [2.45, 2.75) is 19.8 Å². The molecule has 1 aromatic rings. The first kappa shape index (κ1) is 13.3. The van der Waals surface area contributed by atoms with Gasteiger partial charge in [0.25, 0.3) is 0 Å². The van der Waals surface area contributed by atoms with Crippen LogP contribution in [0.3, 0.4) is 0 Å². The highest BCUT2D eigenvalue weighted by Crippen LogP contribution is 2.26. The summed E-state index contributed by atoms with van der Waals surface area (Å²) in [5, 5.41) is 8.75. The molecule has 88 valence electrons. The number of rotatable bonds is 6. The summed E-state index contributed by atoms with van der Waals surface area (Å²) in [6.07, 6.45) is 1.67. The zero-order valence-corrected chi connectivity index (χ0v) is 11.1. The maximum Gasteiger partial charge on any atom is 0.133 e. The van der Waals surface area contributed by atoms with Gasteiger partial charge in [-0.2, -0.15) is 0 Å². The molecule has 1 N–H and O–H groups in total. The van der Waals surface area contributed by atoms with Gasteiger partial charge in [-0.15, -0.1) is 0 Å². The van der Waals surface area contributed by atoms with Crippen LogP contribution in [-0.2, 0) is 6.42 Å². The lowest BCUT2D eigenvalue weighted by Gasteiger charge is -2.09. The third-order valence-electron chi connectivity index (χ3n) is 2.09. The summed E-state index contributed by atoms with van der Waals surface area (Å²) in [5.74, 6) is 0.829. The van der Waals surface area contributed by atoms with Crippen molar-refractivity contribution in [2.24, 2.45) is 0 Å². The van der Waals surface area contributed by atoms with Gasteiger partial charge in [-0.05, 0) is 59.0 Å². The quantitative estimate of drug-likeness (QED) is 0.812. The Morgan fingerprint density at radius 2 is 2.25 bits per heavy atom. The molecule has 0 aliphatic rings. The fourth-order valence-electron chi connectivity index (χ4n) is 1.30. The van der Waals surface area contributed by atoms with Crippen LogP contribution in [0.1, 0.15) is 18.9 Å². The second-order valence-electron chi connectivity index (χ2n) is 3.84. The van der Waals surface area contributed by atoms with Gasteiger partial charge in [0.1, 0.15) is 12.4 Å². The predicted octanol–water partition coefficient (Wildman–Crippen LogP) is 3.33. The second-order valence-corrected chi connectivity index (χ2v) is 4.69. The fraction of sp³-hybridized carbons (Fsp3) is 0.385. The summed E-state index contributed by atoms with van der Waals surface area (Å²) in [5.41, 5.74) is 2.19. The molecule has 2 nitrogen and oxygen atoms in total. The summed E-state index contributed by atoms with van der Waals surface area (Å²) < 4.78 is 6.51. The molecular weight excluding hydrogens is 268 g/mol. The molecule has 0 saturated heterocycles. The van der Waals surface area contributed by atoms with Crippen molar-refractivity contribution in [1.82, 2.24) is 0 Å². The maximum atomic E-state index is 8.75. The zero-order chi connectivity index (χ0) is 12.0. The van der Waals surface area contributed by atoms with Crippen molar-refractivity contribution in [3.8, 4) is 5.75 Å². The first-order valence-corrected chi connectivity index (χ1v) is 6.09. The second kappa shape index (κ2) is 6.71. The molecule has 0 bridgehead atoms. The maximum absolute atomic E-state index is 8.75. The third kappa shape index (κ3) is 4.37. The summed E-state index contributed by atoms with van der Waals surface area (Å²) >= 11 is 3.47. The summed E-state index contributed by atoms with van der Waals surface area (Å²) in [6.45, 7) is 6.49. The number of ether oxygens (including phenoxy) is 1. The zero-order valence-electron chi connectivity index (χ0n) is 9.50. The van der Waals surface area contributed by atoms with E-state index in [1.807, 2.05) is 25.1 Å². The molecule has 0 atom stereocenters. The highest BCUT2D eigenvalue weighted by Gasteiger charge is 2.02. The molecule has 0 unspecified atom stereocenters. The Balaban J connectivity index is 2.63. The largest absolute Gasteiger partial charge is 0.488 e. The van der Waals surface area contributed by atoms with Crippen molar-refractivity contribution in [1.29, 1.82) is 0 Å². The molecule has 0 aliphatic carbocycles. The van der Waals surface area contributed by atoms with Crippen LogP contribution in [0.25, 0.3) is 0 Å². The van der Waals surface area contributed by atoms with Crippen molar-refractivity contribution < 1.29 is 9.84 Å². The number of hydrogen-bond acceptors (Lipinski definition) is 2. The van der Waals surface area contributed by atoms with E-state index < -0.39 is 0 Å². The summed E-state index contributed by atoms with van der Waals surface area (Å²) in [7, 11) is 0. The van der Waals surface area contributed by atoms with Gasteiger partial charge in [-0.1, -0.05) is 12.6 Å². The van der Waals surface area contributed by atoms with Gasteiger partial charge in [0.2, 0.25) is 0 Å². The monoisotopic (exact) mass is 284 g/mol. The van der Waals surface area contributed by atoms with E-state index >= 15 is 0 Å². The normalized spacial score (nSPS) is 10.2. The molecule has 0 amide bonds. The highest BCUT2D eigenvalue weighted by atomic mass is 79.9. The van der Waals surface area contributed by atoms with Crippen LogP contribution >= 0.6 is 15.9 Å². The molecule has 0 radical (unpaired) electrons. The van der Waals surface area contributed by atoms with Crippen LogP contribution in [-0.4, -0.2) is 18.3 Å². The van der Waals surface area contributed by atoms with Crippen molar-refractivity contribution >= 4 is 15.9 Å². The Morgan fingerprint density at radius 1 is 1.50 bits per heavy atom. The predicted molar refractivity (Wildman–Crippen MR) is 69.9 cm³/mol. The lowest BCUT2D eigenvalue weighted by Crippen LogP contribution is -1.98. The van der Waals surface area contributed by atoms with E-state index in [1.165, 1.54) is 5.56 Å². The van der Waals surface area contributed by atoms with Gasteiger partial charge in [0.05, 0.1) is 4.47 Å². The van der Waals surface area contributed by atoms with Gasteiger partial charge < -0.3 is 9.84 Å². The van der Waals surface area contributed by atoms with Crippen LogP contribution in [0.5, 0.6) is 5.75 Å². The van der Waals surface area contributed by atoms with Gasteiger partial charge in [0, 0.05) is 6.61 Å². The molecule has 1 rings (SSSR count). The molecule has 16 heavy (non-hydrogen) atoms. The number of aliphatic hydroxyl groups excluding tert-OH is 1. The molecule has 1 aromatic carbocycles. The fourth-order valence-corrected chi connectivity index (χ4v) is 1.84. The number of benzene rings is 1. The molecule has 0 heterocycles. The van der Waals surface area contributed by atoms with E-state index in [0.717, 1.165) is 28.6 Å².